The van der Waals surface area contributed by atoms with Crippen LogP contribution in [0, 0.1) is 5.82 Å². The Bertz CT molecular complexity index is 582. The molecule has 0 saturated carbocycles. The van der Waals surface area contributed by atoms with Gasteiger partial charge in [0.25, 0.3) is 0 Å². The normalized spacial score (nSPS) is 12.3. The highest BCUT2D eigenvalue weighted by molar-refractivity contribution is 7.13. The summed E-state index contributed by atoms with van der Waals surface area (Å²) in [6.07, 6.45) is 0. The molecular weight excluding hydrogens is 265 g/mol. The topological polar surface area (TPSA) is 49.3 Å². The molecule has 2 N–H and O–H groups in total. The average molecular weight is 279 g/mol. The smallest absolute Gasteiger partial charge is 0.345 e. The van der Waals surface area contributed by atoms with E-state index < -0.39 is 5.97 Å². The molecule has 0 aliphatic heterocycles. The highest BCUT2D eigenvalue weighted by Crippen LogP contribution is 2.18. The van der Waals surface area contributed by atoms with Gasteiger partial charge in [0.15, 0.2) is 0 Å². The first-order chi connectivity index (χ1) is 9.06. The van der Waals surface area contributed by atoms with Gasteiger partial charge >= 0.3 is 5.97 Å². The monoisotopic (exact) mass is 279 g/mol. The second-order valence-electron chi connectivity index (χ2n) is 4.23. The lowest BCUT2D eigenvalue weighted by atomic mass is 10.1. The Hall–Kier alpha value is -1.72. The van der Waals surface area contributed by atoms with Crippen LogP contribution in [0.1, 0.15) is 33.1 Å². The van der Waals surface area contributed by atoms with Crippen LogP contribution < -0.4 is 5.32 Å². The molecule has 3 nitrogen and oxygen atoms in total. The number of carboxylic acid groups (broad SMARTS) is 1. The number of halogens is 1. The molecule has 1 atom stereocenters. The van der Waals surface area contributed by atoms with E-state index in [0.717, 1.165) is 10.4 Å². The number of hydrogen-bond donors (Lipinski definition) is 2. The highest BCUT2D eigenvalue weighted by atomic mass is 32.1. The molecule has 0 fully saturated rings. The van der Waals surface area contributed by atoms with Gasteiger partial charge in [0, 0.05) is 17.5 Å². The van der Waals surface area contributed by atoms with Crippen molar-refractivity contribution < 1.29 is 14.3 Å². The number of aromatic carboxylic acids is 1. The van der Waals surface area contributed by atoms with Crippen molar-refractivity contribution in [3.8, 4) is 0 Å². The third kappa shape index (κ3) is 3.62. The van der Waals surface area contributed by atoms with Crippen LogP contribution in [0.4, 0.5) is 4.39 Å². The van der Waals surface area contributed by atoms with Crippen molar-refractivity contribution in [2.45, 2.75) is 19.5 Å². The molecule has 1 aromatic carbocycles. The summed E-state index contributed by atoms with van der Waals surface area (Å²) in [7, 11) is 0. The number of nitrogens with one attached hydrogen (secondary N) is 1. The van der Waals surface area contributed by atoms with Gasteiger partial charge < -0.3 is 10.4 Å². The number of rotatable bonds is 5. The maximum absolute atomic E-state index is 13.1. The van der Waals surface area contributed by atoms with Gasteiger partial charge in [-0.15, -0.1) is 11.3 Å². The van der Waals surface area contributed by atoms with E-state index in [2.05, 4.69) is 5.32 Å². The number of thiophene rings is 1. The molecule has 0 spiro atoms. The van der Waals surface area contributed by atoms with Crippen molar-refractivity contribution in [3.05, 3.63) is 57.5 Å². The summed E-state index contributed by atoms with van der Waals surface area (Å²) in [4.78, 5) is 12.0. The summed E-state index contributed by atoms with van der Waals surface area (Å²) in [5.74, 6) is -1.16. The van der Waals surface area contributed by atoms with Crippen LogP contribution in [0.3, 0.4) is 0 Å². The summed E-state index contributed by atoms with van der Waals surface area (Å²) in [5, 5.41) is 12.1. The Balaban J connectivity index is 1.96. The SMILES string of the molecule is C[C@@H](NCc1ccc(C(=O)O)s1)c1cccc(F)c1. The molecule has 0 unspecified atom stereocenters. The standard InChI is InChI=1S/C14H14FNO2S/c1-9(10-3-2-4-11(15)7-10)16-8-12-5-6-13(19-12)14(17)18/h2-7,9,16H,8H2,1H3,(H,17,18)/t9-/m1/s1. The third-order valence-corrected chi connectivity index (χ3v) is 3.88. The first-order valence-corrected chi connectivity index (χ1v) is 6.69. The molecule has 2 rings (SSSR count). The van der Waals surface area contributed by atoms with Gasteiger partial charge in [0.2, 0.25) is 0 Å². The van der Waals surface area contributed by atoms with Crippen LogP contribution in [-0.2, 0) is 6.54 Å². The van der Waals surface area contributed by atoms with Crippen LogP contribution in [0.15, 0.2) is 36.4 Å². The van der Waals surface area contributed by atoms with E-state index in [1.807, 2.05) is 13.0 Å². The molecule has 2 aromatic rings. The molecule has 0 saturated heterocycles. The fourth-order valence-corrected chi connectivity index (χ4v) is 2.53. The lowest BCUT2D eigenvalue weighted by Crippen LogP contribution is -2.17. The Labute approximate surface area is 114 Å². The zero-order chi connectivity index (χ0) is 13.8. The second-order valence-corrected chi connectivity index (χ2v) is 5.40. The lowest BCUT2D eigenvalue weighted by molar-refractivity contribution is 0.0702. The van der Waals surface area contributed by atoms with Crippen LogP contribution in [0.25, 0.3) is 0 Å². The zero-order valence-electron chi connectivity index (χ0n) is 10.4. The largest absolute Gasteiger partial charge is 0.477 e. The minimum Gasteiger partial charge on any atom is -0.477 e. The average Bonchev–Trinajstić information content (AvgIpc) is 2.85. The van der Waals surface area contributed by atoms with Gasteiger partial charge in [0.1, 0.15) is 10.7 Å². The van der Waals surface area contributed by atoms with Gasteiger partial charge in [-0.05, 0) is 36.8 Å². The van der Waals surface area contributed by atoms with Crippen molar-refractivity contribution in [2.24, 2.45) is 0 Å². The molecule has 5 heteroatoms. The Morgan fingerprint density at radius 3 is 2.84 bits per heavy atom. The predicted molar refractivity (Wildman–Crippen MR) is 72.9 cm³/mol. The molecule has 1 heterocycles. The quantitative estimate of drug-likeness (QED) is 0.881. The van der Waals surface area contributed by atoms with E-state index in [-0.39, 0.29) is 11.9 Å². The van der Waals surface area contributed by atoms with Gasteiger partial charge in [-0.3, -0.25) is 0 Å². The zero-order valence-corrected chi connectivity index (χ0v) is 11.2. The fourth-order valence-electron chi connectivity index (χ4n) is 1.74. The van der Waals surface area contributed by atoms with E-state index in [4.69, 9.17) is 5.11 Å². The summed E-state index contributed by atoms with van der Waals surface area (Å²) in [6.45, 7) is 2.51. The van der Waals surface area contributed by atoms with Crippen LogP contribution >= 0.6 is 11.3 Å². The second kappa shape index (κ2) is 5.95. The van der Waals surface area contributed by atoms with Crippen molar-refractivity contribution in [1.82, 2.24) is 5.32 Å². The van der Waals surface area contributed by atoms with Crippen molar-refractivity contribution in [1.29, 1.82) is 0 Å². The third-order valence-electron chi connectivity index (χ3n) is 2.80. The van der Waals surface area contributed by atoms with E-state index in [1.165, 1.54) is 23.5 Å². The Morgan fingerprint density at radius 2 is 2.21 bits per heavy atom. The van der Waals surface area contributed by atoms with Crippen molar-refractivity contribution in [3.63, 3.8) is 0 Å². The molecule has 0 bridgehead atoms. The molecule has 0 amide bonds. The molecule has 1 aromatic heterocycles. The van der Waals surface area contributed by atoms with Crippen LogP contribution in [0.5, 0.6) is 0 Å². The van der Waals surface area contributed by atoms with Crippen molar-refractivity contribution in [2.75, 3.05) is 0 Å². The lowest BCUT2D eigenvalue weighted by Gasteiger charge is -2.13. The summed E-state index contributed by atoms with van der Waals surface area (Å²) >= 11 is 1.25. The van der Waals surface area contributed by atoms with E-state index in [1.54, 1.807) is 18.2 Å². The Kier molecular flexibility index (Phi) is 4.29. The number of benzene rings is 1. The Morgan fingerprint density at radius 1 is 1.42 bits per heavy atom. The van der Waals surface area contributed by atoms with Crippen LogP contribution in [0.2, 0.25) is 0 Å². The fraction of sp³-hybridized carbons (Fsp3) is 0.214. The van der Waals surface area contributed by atoms with E-state index in [0.29, 0.717) is 11.4 Å². The van der Waals surface area contributed by atoms with Gasteiger partial charge in [-0.1, -0.05) is 12.1 Å². The summed E-state index contributed by atoms with van der Waals surface area (Å²) in [5.41, 5.74) is 0.870. The molecule has 100 valence electrons. The minimum atomic E-state index is -0.908. The molecule has 0 radical (unpaired) electrons. The number of hydrogen-bond acceptors (Lipinski definition) is 3. The number of carboxylic acids is 1. The molecular formula is C14H14FNO2S. The summed E-state index contributed by atoms with van der Waals surface area (Å²) in [6, 6.07) is 9.83. The molecule has 0 aliphatic carbocycles. The molecule has 0 aliphatic rings. The maximum Gasteiger partial charge on any atom is 0.345 e. The van der Waals surface area contributed by atoms with Gasteiger partial charge in [-0.25, -0.2) is 9.18 Å². The van der Waals surface area contributed by atoms with Crippen molar-refractivity contribution >= 4 is 17.3 Å². The number of carbonyl (C=O) groups is 1. The first kappa shape index (κ1) is 13.7. The van der Waals surface area contributed by atoms with E-state index in [9.17, 15) is 9.18 Å². The minimum absolute atomic E-state index is 0.00563. The molecule has 19 heavy (non-hydrogen) atoms. The van der Waals surface area contributed by atoms with Gasteiger partial charge in [0.05, 0.1) is 0 Å². The first-order valence-electron chi connectivity index (χ1n) is 5.87. The van der Waals surface area contributed by atoms with Gasteiger partial charge in [-0.2, -0.15) is 0 Å². The highest BCUT2D eigenvalue weighted by Gasteiger charge is 2.09. The maximum atomic E-state index is 13.1. The predicted octanol–water partition coefficient (Wildman–Crippen LogP) is 3.44. The van der Waals surface area contributed by atoms with E-state index >= 15 is 0 Å². The van der Waals surface area contributed by atoms with Crippen LogP contribution in [-0.4, -0.2) is 11.1 Å². The summed E-state index contributed by atoms with van der Waals surface area (Å²) < 4.78 is 13.1.